The number of aromatic nitrogens is 3. The number of thiazole rings is 1. The van der Waals surface area contributed by atoms with Crippen LogP contribution in [0.3, 0.4) is 0 Å². The summed E-state index contributed by atoms with van der Waals surface area (Å²) in [6.07, 6.45) is 2.12. The molecule has 0 radical (unpaired) electrons. The van der Waals surface area contributed by atoms with Crippen molar-refractivity contribution in [2.24, 2.45) is 0 Å². The van der Waals surface area contributed by atoms with Gasteiger partial charge in [0.1, 0.15) is 0 Å². The molecule has 164 valence electrons. The maximum absolute atomic E-state index is 5.61. The van der Waals surface area contributed by atoms with Crippen LogP contribution in [0.1, 0.15) is 34.1 Å². The van der Waals surface area contributed by atoms with Gasteiger partial charge in [0.25, 0.3) is 0 Å². The summed E-state index contributed by atoms with van der Waals surface area (Å²) < 4.78 is 13.1. The molecular weight excluding hydrogens is 420 g/mol. The van der Waals surface area contributed by atoms with E-state index in [4.69, 9.17) is 19.6 Å². The van der Waals surface area contributed by atoms with Crippen molar-refractivity contribution in [1.29, 1.82) is 0 Å². The highest BCUT2D eigenvalue weighted by atomic mass is 32.1. The van der Waals surface area contributed by atoms with E-state index in [1.165, 1.54) is 4.88 Å². The van der Waals surface area contributed by atoms with Crippen molar-refractivity contribution in [2.75, 3.05) is 13.8 Å². The lowest BCUT2D eigenvalue weighted by Crippen LogP contribution is -2.23. The molecule has 0 amide bonds. The molecule has 0 unspecified atom stereocenters. The van der Waals surface area contributed by atoms with Gasteiger partial charge in [-0.1, -0.05) is 18.2 Å². The molecule has 0 N–H and O–H groups in total. The standard InChI is InChI=1S/C25H26N4O2S/c1-16(24-17(2)32-18(3)26-24)28(4)13-20-14-29(21-8-6-5-7-9-21)27-25(20)19-10-11-22-23(12-19)31-15-30-22/h5-12,14,16H,13,15H2,1-4H3/t16-/m1/s1. The zero-order valence-corrected chi connectivity index (χ0v) is 19.5. The number of para-hydroxylation sites is 1. The maximum Gasteiger partial charge on any atom is 0.231 e. The zero-order chi connectivity index (χ0) is 22.2. The van der Waals surface area contributed by atoms with Crippen molar-refractivity contribution in [2.45, 2.75) is 33.4 Å². The summed E-state index contributed by atoms with van der Waals surface area (Å²) in [7, 11) is 2.14. The smallest absolute Gasteiger partial charge is 0.231 e. The van der Waals surface area contributed by atoms with E-state index in [-0.39, 0.29) is 12.8 Å². The fraction of sp³-hybridized carbons (Fsp3) is 0.280. The molecule has 0 saturated heterocycles. The SMILES string of the molecule is Cc1nc([C@@H](C)N(C)Cc2cn(-c3ccccc3)nc2-c2ccc3c(c2)OCO3)c(C)s1. The van der Waals surface area contributed by atoms with Gasteiger partial charge in [-0.05, 0) is 58.2 Å². The molecule has 5 rings (SSSR count). The van der Waals surface area contributed by atoms with Gasteiger partial charge in [0.2, 0.25) is 6.79 Å². The minimum absolute atomic E-state index is 0.199. The van der Waals surface area contributed by atoms with Gasteiger partial charge in [-0.25, -0.2) is 9.67 Å². The van der Waals surface area contributed by atoms with Gasteiger partial charge in [-0.15, -0.1) is 11.3 Å². The minimum Gasteiger partial charge on any atom is -0.454 e. The molecule has 0 saturated carbocycles. The molecule has 2 aromatic heterocycles. The molecule has 4 aromatic rings. The Kier molecular flexibility index (Phi) is 5.45. The molecule has 0 spiro atoms. The average Bonchev–Trinajstić information content (AvgIpc) is 3.51. The summed E-state index contributed by atoms with van der Waals surface area (Å²) in [5, 5.41) is 6.07. The number of hydrogen-bond donors (Lipinski definition) is 0. The molecule has 2 aromatic carbocycles. The predicted octanol–water partition coefficient (Wildman–Crippen LogP) is 5.53. The maximum atomic E-state index is 5.61. The topological polar surface area (TPSA) is 52.4 Å². The number of ether oxygens (including phenoxy) is 2. The average molecular weight is 447 g/mol. The van der Waals surface area contributed by atoms with Crippen LogP contribution in [0, 0.1) is 13.8 Å². The first-order valence-corrected chi connectivity index (χ1v) is 11.5. The summed E-state index contributed by atoms with van der Waals surface area (Å²) in [5.74, 6) is 1.54. The van der Waals surface area contributed by atoms with Crippen molar-refractivity contribution in [1.82, 2.24) is 19.7 Å². The van der Waals surface area contributed by atoms with Gasteiger partial charge < -0.3 is 9.47 Å². The molecule has 32 heavy (non-hydrogen) atoms. The lowest BCUT2D eigenvalue weighted by molar-refractivity contribution is 0.174. The molecule has 0 bridgehead atoms. The highest BCUT2D eigenvalue weighted by Gasteiger charge is 2.22. The molecule has 7 heteroatoms. The highest BCUT2D eigenvalue weighted by Crippen LogP contribution is 2.37. The Balaban J connectivity index is 1.51. The summed E-state index contributed by atoms with van der Waals surface area (Å²) in [5.41, 5.74) is 5.28. The second kappa shape index (κ2) is 8.41. The van der Waals surface area contributed by atoms with Gasteiger partial charge in [0, 0.05) is 28.7 Å². The van der Waals surface area contributed by atoms with Crippen molar-refractivity contribution < 1.29 is 9.47 Å². The van der Waals surface area contributed by atoms with Gasteiger partial charge in [0.15, 0.2) is 11.5 Å². The zero-order valence-electron chi connectivity index (χ0n) is 18.7. The van der Waals surface area contributed by atoms with E-state index in [0.717, 1.165) is 51.3 Å². The van der Waals surface area contributed by atoms with Crippen LogP contribution in [-0.4, -0.2) is 33.5 Å². The molecule has 0 aliphatic carbocycles. The van der Waals surface area contributed by atoms with E-state index in [9.17, 15) is 0 Å². The minimum atomic E-state index is 0.199. The Hall–Kier alpha value is -3.16. The van der Waals surface area contributed by atoms with Crippen molar-refractivity contribution >= 4 is 11.3 Å². The number of benzene rings is 2. The van der Waals surface area contributed by atoms with E-state index >= 15 is 0 Å². The molecule has 1 aliphatic heterocycles. The highest BCUT2D eigenvalue weighted by molar-refractivity contribution is 7.11. The van der Waals surface area contributed by atoms with Crippen LogP contribution < -0.4 is 9.47 Å². The summed E-state index contributed by atoms with van der Waals surface area (Å²) in [6, 6.07) is 16.4. The largest absolute Gasteiger partial charge is 0.454 e. The van der Waals surface area contributed by atoms with Gasteiger partial charge in [0.05, 0.1) is 28.1 Å². The quantitative estimate of drug-likeness (QED) is 0.390. The Bertz CT molecular complexity index is 1250. The molecular formula is C25H26N4O2S. The normalized spacial score (nSPS) is 13.7. The Morgan fingerprint density at radius 2 is 1.88 bits per heavy atom. The monoisotopic (exact) mass is 446 g/mol. The number of hydrogen-bond acceptors (Lipinski definition) is 6. The van der Waals surface area contributed by atoms with Crippen LogP contribution >= 0.6 is 11.3 Å². The van der Waals surface area contributed by atoms with E-state index in [1.807, 2.05) is 41.1 Å². The second-order valence-electron chi connectivity index (χ2n) is 8.12. The van der Waals surface area contributed by atoms with E-state index < -0.39 is 0 Å². The Labute approximate surface area is 192 Å². The van der Waals surface area contributed by atoms with Crippen LogP contribution in [0.2, 0.25) is 0 Å². The summed E-state index contributed by atoms with van der Waals surface area (Å²) >= 11 is 1.75. The summed E-state index contributed by atoms with van der Waals surface area (Å²) in [4.78, 5) is 8.37. The third kappa shape index (κ3) is 3.89. The van der Waals surface area contributed by atoms with Crippen LogP contribution in [0.15, 0.2) is 54.7 Å². The lowest BCUT2D eigenvalue weighted by atomic mass is 10.1. The predicted molar refractivity (Wildman–Crippen MR) is 127 cm³/mol. The molecule has 1 aliphatic rings. The molecule has 1 atom stereocenters. The van der Waals surface area contributed by atoms with Crippen LogP contribution in [-0.2, 0) is 6.54 Å². The third-order valence-corrected chi connectivity index (χ3v) is 6.77. The number of aryl methyl sites for hydroxylation is 2. The van der Waals surface area contributed by atoms with Gasteiger partial charge in [-0.3, -0.25) is 4.90 Å². The first-order valence-electron chi connectivity index (χ1n) is 10.7. The number of rotatable bonds is 6. The first-order chi connectivity index (χ1) is 15.5. The second-order valence-corrected chi connectivity index (χ2v) is 9.52. The third-order valence-electron chi connectivity index (χ3n) is 5.87. The molecule has 3 heterocycles. The summed E-state index contributed by atoms with van der Waals surface area (Å²) in [6.45, 7) is 7.43. The Morgan fingerprint density at radius 1 is 1.09 bits per heavy atom. The number of nitrogens with zero attached hydrogens (tertiary/aromatic N) is 4. The molecule has 0 fully saturated rings. The van der Waals surface area contributed by atoms with Crippen LogP contribution in [0.5, 0.6) is 11.5 Å². The Morgan fingerprint density at radius 3 is 2.62 bits per heavy atom. The first kappa shape index (κ1) is 20.7. The van der Waals surface area contributed by atoms with Crippen LogP contribution in [0.25, 0.3) is 16.9 Å². The lowest BCUT2D eigenvalue weighted by Gasteiger charge is -2.24. The fourth-order valence-electron chi connectivity index (χ4n) is 4.07. The number of fused-ring (bicyclic) bond motifs is 1. The van der Waals surface area contributed by atoms with E-state index in [1.54, 1.807) is 11.3 Å². The fourth-order valence-corrected chi connectivity index (χ4v) is 4.98. The van der Waals surface area contributed by atoms with E-state index in [0.29, 0.717) is 0 Å². The van der Waals surface area contributed by atoms with Crippen molar-refractivity contribution in [3.8, 4) is 28.4 Å². The van der Waals surface area contributed by atoms with E-state index in [2.05, 4.69) is 51.0 Å². The molecule has 6 nitrogen and oxygen atoms in total. The van der Waals surface area contributed by atoms with Gasteiger partial charge >= 0.3 is 0 Å². The van der Waals surface area contributed by atoms with Crippen LogP contribution in [0.4, 0.5) is 0 Å². The van der Waals surface area contributed by atoms with Crippen molar-refractivity contribution in [3.63, 3.8) is 0 Å². The van der Waals surface area contributed by atoms with Crippen molar-refractivity contribution in [3.05, 3.63) is 75.9 Å². The van der Waals surface area contributed by atoms with Gasteiger partial charge in [-0.2, -0.15) is 5.10 Å².